The minimum Gasteiger partial charge on any atom is -0.303 e. The van der Waals surface area contributed by atoms with E-state index in [4.69, 9.17) is 40.7 Å². The van der Waals surface area contributed by atoms with E-state index in [0.29, 0.717) is 33.0 Å². The summed E-state index contributed by atoms with van der Waals surface area (Å²) >= 11 is 17.1. The van der Waals surface area contributed by atoms with Gasteiger partial charge in [0.15, 0.2) is 10.6 Å². The molecule has 0 amide bonds. The van der Waals surface area contributed by atoms with Crippen LogP contribution in [0.25, 0.3) is 22.6 Å². The number of hydrogen-bond donors (Lipinski definition) is 1. The maximum absolute atomic E-state index is 9.14. The van der Waals surface area contributed by atoms with E-state index in [2.05, 4.69) is 26.2 Å². The SMILES string of the molecule is Cn1c(-c2cc(C#N)cnc2-c2cc(Cl)nc(Cl)c2)n[nH]c1=S. The van der Waals surface area contributed by atoms with Gasteiger partial charge < -0.3 is 4.57 Å². The molecule has 0 atom stereocenters. The normalized spacial score (nSPS) is 10.5. The molecule has 3 rings (SSSR count). The number of nitrogens with one attached hydrogen (secondary N) is 1. The molecule has 3 heterocycles. The van der Waals surface area contributed by atoms with Crippen molar-refractivity contribution in [3.63, 3.8) is 0 Å². The molecule has 114 valence electrons. The van der Waals surface area contributed by atoms with Gasteiger partial charge in [-0.2, -0.15) is 10.4 Å². The van der Waals surface area contributed by atoms with E-state index in [1.807, 2.05) is 0 Å². The number of hydrogen-bond acceptors (Lipinski definition) is 5. The predicted octanol–water partition coefficient (Wildman–Crippen LogP) is 3.78. The number of pyridine rings is 2. The smallest absolute Gasteiger partial charge is 0.195 e. The Morgan fingerprint density at radius 3 is 2.52 bits per heavy atom. The second kappa shape index (κ2) is 6.08. The molecule has 9 heteroatoms. The lowest BCUT2D eigenvalue weighted by Gasteiger charge is -2.09. The van der Waals surface area contributed by atoms with E-state index in [9.17, 15) is 0 Å². The van der Waals surface area contributed by atoms with Crippen LogP contribution in [0.2, 0.25) is 10.3 Å². The average molecular weight is 363 g/mol. The van der Waals surface area contributed by atoms with Crippen LogP contribution in [0.5, 0.6) is 0 Å². The van der Waals surface area contributed by atoms with Gasteiger partial charge in [-0.1, -0.05) is 23.2 Å². The molecule has 0 aromatic carbocycles. The second-order valence-corrected chi connectivity index (χ2v) is 5.81. The third-order valence-electron chi connectivity index (χ3n) is 3.17. The predicted molar refractivity (Wildman–Crippen MR) is 89.6 cm³/mol. The van der Waals surface area contributed by atoms with E-state index >= 15 is 0 Å². The van der Waals surface area contributed by atoms with Crippen LogP contribution < -0.4 is 0 Å². The highest BCUT2D eigenvalue weighted by molar-refractivity contribution is 7.71. The maximum Gasteiger partial charge on any atom is 0.195 e. The first kappa shape index (κ1) is 15.6. The minimum absolute atomic E-state index is 0.250. The number of halogens is 2. The van der Waals surface area contributed by atoms with Crippen LogP contribution in [0.4, 0.5) is 0 Å². The van der Waals surface area contributed by atoms with Crippen molar-refractivity contribution in [2.45, 2.75) is 0 Å². The third kappa shape index (κ3) is 2.97. The summed E-state index contributed by atoms with van der Waals surface area (Å²) in [6.07, 6.45) is 1.47. The molecule has 0 bridgehead atoms. The number of H-pyrrole nitrogens is 1. The van der Waals surface area contributed by atoms with E-state index in [0.717, 1.165) is 0 Å². The summed E-state index contributed by atoms with van der Waals surface area (Å²) in [4.78, 5) is 8.28. The van der Waals surface area contributed by atoms with Crippen LogP contribution in [0.3, 0.4) is 0 Å². The van der Waals surface area contributed by atoms with Crippen LogP contribution in [0.15, 0.2) is 24.4 Å². The molecule has 3 aromatic heterocycles. The standard InChI is InChI=1S/C14H8Cl2N6S/c1-22-13(20-21-14(22)23)9-2-7(5-17)6-18-12(9)8-3-10(15)19-11(16)4-8/h2-4,6H,1H3,(H,21,23). The van der Waals surface area contributed by atoms with Gasteiger partial charge in [0.1, 0.15) is 16.4 Å². The topological polar surface area (TPSA) is 83.2 Å². The Labute approximate surface area is 146 Å². The lowest BCUT2D eigenvalue weighted by Crippen LogP contribution is -1.98. The highest BCUT2D eigenvalue weighted by Crippen LogP contribution is 2.32. The highest BCUT2D eigenvalue weighted by Gasteiger charge is 2.16. The molecule has 0 aliphatic carbocycles. The molecule has 0 unspecified atom stereocenters. The zero-order valence-electron chi connectivity index (χ0n) is 11.7. The molecule has 0 aliphatic heterocycles. The fourth-order valence-corrected chi connectivity index (χ4v) is 2.71. The van der Waals surface area contributed by atoms with Gasteiger partial charge >= 0.3 is 0 Å². The quantitative estimate of drug-likeness (QED) is 0.553. The second-order valence-electron chi connectivity index (χ2n) is 4.64. The Balaban J connectivity index is 2.31. The zero-order valence-corrected chi connectivity index (χ0v) is 14.0. The van der Waals surface area contributed by atoms with Gasteiger partial charge in [-0.3, -0.25) is 10.1 Å². The molecule has 0 fully saturated rings. The number of nitriles is 1. The van der Waals surface area contributed by atoms with Gasteiger partial charge in [0.25, 0.3) is 0 Å². The molecule has 23 heavy (non-hydrogen) atoms. The van der Waals surface area contributed by atoms with Gasteiger partial charge in [-0.15, -0.1) is 0 Å². The molecule has 6 nitrogen and oxygen atoms in total. The molecular formula is C14H8Cl2N6S. The first-order valence-electron chi connectivity index (χ1n) is 6.35. The number of nitrogens with zero attached hydrogens (tertiary/aromatic N) is 5. The first-order valence-corrected chi connectivity index (χ1v) is 7.51. The fraction of sp³-hybridized carbons (Fsp3) is 0.0714. The molecule has 0 spiro atoms. The number of aromatic amines is 1. The lowest BCUT2D eigenvalue weighted by atomic mass is 10.0. The van der Waals surface area contributed by atoms with Gasteiger partial charge in [-0.25, -0.2) is 4.98 Å². The minimum atomic E-state index is 0.250. The van der Waals surface area contributed by atoms with Crippen molar-refractivity contribution in [3.05, 3.63) is 45.0 Å². The van der Waals surface area contributed by atoms with Crippen LogP contribution in [-0.2, 0) is 7.05 Å². The summed E-state index contributed by atoms with van der Waals surface area (Å²) < 4.78 is 2.15. The maximum atomic E-state index is 9.14. The molecule has 0 aliphatic rings. The van der Waals surface area contributed by atoms with Crippen molar-refractivity contribution in [1.29, 1.82) is 5.26 Å². The van der Waals surface area contributed by atoms with Gasteiger partial charge in [-0.05, 0) is 30.4 Å². The molecule has 0 saturated carbocycles. The Bertz CT molecular complexity index is 981. The van der Waals surface area contributed by atoms with Crippen LogP contribution in [0.1, 0.15) is 5.56 Å². The summed E-state index contributed by atoms with van der Waals surface area (Å²) in [5, 5.41) is 16.6. The third-order valence-corrected chi connectivity index (χ3v) is 3.93. The molecule has 0 radical (unpaired) electrons. The Hall–Kier alpha value is -2.27. The largest absolute Gasteiger partial charge is 0.303 e. The van der Waals surface area contributed by atoms with E-state index in [1.54, 1.807) is 29.8 Å². The van der Waals surface area contributed by atoms with Crippen molar-refractivity contribution in [3.8, 4) is 28.7 Å². The Morgan fingerprint density at radius 2 is 1.96 bits per heavy atom. The molecular weight excluding hydrogens is 355 g/mol. The first-order chi connectivity index (χ1) is 11.0. The number of aromatic nitrogens is 5. The van der Waals surface area contributed by atoms with Gasteiger partial charge in [0, 0.05) is 24.4 Å². The highest BCUT2D eigenvalue weighted by atomic mass is 35.5. The van der Waals surface area contributed by atoms with E-state index in [1.165, 1.54) is 6.20 Å². The summed E-state index contributed by atoms with van der Waals surface area (Å²) in [7, 11) is 1.77. The van der Waals surface area contributed by atoms with E-state index in [-0.39, 0.29) is 10.3 Å². The Morgan fingerprint density at radius 1 is 1.26 bits per heavy atom. The molecule has 3 aromatic rings. The average Bonchev–Trinajstić information content (AvgIpc) is 2.85. The number of rotatable bonds is 2. The van der Waals surface area contributed by atoms with Crippen molar-refractivity contribution in [2.75, 3.05) is 0 Å². The van der Waals surface area contributed by atoms with Crippen LogP contribution in [0, 0.1) is 16.1 Å². The van der Waals surface area contributed by atoms with Crippen LogP contribution >= 0.6 is 35.4 Å². The van der Waals surface area contributed by atoms with Crippen molar-refractivity contribution < 1.29 is 0 Å². The molecule has 0 saturated heterocycles. The molecule has 1 N–H and O–H groups in total. The van der Waals surface area contributed by atoms with Crippen LogP contribution in [-0.4, -0.2) is 24.7 Å². The van der Waals surface area contributed by atoms with Crippen molar-refractivity contribution >= 4 is 35.4 Å². The fourth-order valence-electron chi connectivity index (χ4n) is 2.12. The summed E-state index contributed by atoms with van der Waals surface area (Å²) in [6, 6.07) is 7.05. The lowest BCUT2D eigenvalue weighted by molar-refractivity contribution is 0.901. The Kier molecular flexibility index (Phi) is 4.13. The summed E-state index contributed by atoms with van der Waals surface area (Å²) in [5.41, 5.74) is 2.29. The monoisotopic (exact) mass is 362 g/mol. The van der Waals surface area contributed by atoms with Gasteiger partial charge in [0.05, 0.1) is 11.3 Å². The van der Waals surface area contributed by atoms with Gasteiger partial charge in [0.2, 0.25) is 0 Å². The van der Waals surface area contributed by atoms with Crippen molar-refractivity contribution in [2.24, 2.45) is 7.05 Å². The summed E-state index contributed by atoms with van der Waals surface area (Å²) in [6.45, 7) is 0. The van der Waals surface area contributed by atoms with E-state index < -0.39 is 0 Å². The zero-order chi connectivity index (χ0) is 16.6. The summed E-state index contributed by atoms with van der Waals surface area (Å²) in [5.74, 6) is 0.554. The van der Waals surface area contributed by atoms with Crippen molar-refractivity contribution in [1.82, 2.24) is 24.7 Å².